The fourth-order valence-corrected chi connectivity index (χ4v) is 2.54. The predicted molar refractivity (Wildman–Crippen MR) is 73.9 cm³/mol. The third-order valence-corrected chi connectivity index (χ3v) is 4.05. The van der Waals surface area contributed by atoms with Crippen molar-refractivity contribution >= 4 is 40.1 Å². The van der Waals surface area contributed by atoms with Gasteiger partial charge in [-0.2, -0.15) is 0 Å². The molecule has 0 bridgehead atoms. The molecule has 1 aliphatic carbocycles. The second-order valence-electron chi connectivity index (χ2n) is 4.49. The van der Waals surface area contributed by atoms with Gasteiger partial charge >= 0.3 is 0 Å². The maximum atomic E-state index is 12.0. The van der Waals surface area contributed by atoms with Gasteiger partial charge in [-0.1, -0.05) is 11.6 Å². The van der Waals surface area contributed by atoms with Crippen LogP contribution in [-0.2, 0) is 0 Å². The van der Waals surface area contributed by atoms with Crippen LogP contribution in [0.3, 0.4) is 0 Å². The third kappa shape index (κ3) is 2.51. The van der Waals surface area contributed by atoms with E-state index in [2.05, 4.69) is 34.8 Å². The molecule has 1 aromatic carbocycles. The van der Waals surface area contributed by atoms with Gasteiger partial charge in [-0.15, -0.1) is 0 Å². The molecule has 0 atom stereocenters. The molecule has 86 valence electrons. The first-order valence-corrected chi connectivity index (χ1v) is 6.73. The van der Waals surface area contributed by atoms with Crippen LogP contribution in [0.2, 0.25) is 5.02 Å². The Labute approximate surface area is 114 Å². The molecule has 0 spiro atoms. The Morgan fingerprint density at radius 2 is 2.19 bits per heavy atom. The lowest BCUT2D eigenvalue weighted by Crippen LogP contribution is -2.51. The first-order chi connectivity index (χ1) is 7.50. The summed E-state index contributed by atoms with van der Waals surface area (Å²) in [5.41, 5.74) is 0.545. The molecule has 1 fully saturated rings. The largest absolute Gasteiger partial charge is 0.347 e. The van der Waals surface area contributed by atoms with Gasteiger partial charge in [0, 0.05) is 9.11 Å². The van der Waals surface area contributed by atoms with Gasteiger partial charge in [0.05, 0.1) is 10.6 Å². The zero-order valence-corrected chi connectivity index (χ0v) is 11.9. The summed E-state index contributed by atoms with van der Waals surface area (Å²) in [6.07, 6.45) is 3.30. The number of benzene rings is 1. The van der Waals surface area contributed by atoms with E-state index in [0.717, 1.165) is 16.4 Å². The zero-order chi connectivity index (χ0) is 11.8. The molecule has 4 heteroatoms. The second-order valence-corrected chi connectivity index (χ2v) is 6.15. The Hall–Kier alpha value is -0.290. The number of nitrogens with one attached hydrogen (secondary N) is 1. The lowest BCUT2D eigenvalue weighted by atomic mass is 9.78. The molecule has 16 heavy (non-hydrogen) atoms. The summed E-state index contributed by atoms with van der Waals surface area (Å²) in [4.78, 5) is 12.0. The molecular formula is C12H13ClINO. The molecule has 0 heterocycles. The number of carbonyl (C=O) groups is 1. The molecule has 2 nitrogen and oxygen atoms in total. The summed E-state index contributed by atoms with van der Waals surface area (Å²) >= 11 is 8.19. The standard InChI is InChI=1S/C12H13ClINO/c1-12(5-2-6-12)15-11(16)9-7-8(14)3-4-10(9)13/h3-4,7H,2,5-6H2,1H3,(H,15,16). The van der Waals surface area contributed by atoms with Crippen molar-refractivity contribution in [2.75, 3.05) is 0 Å². The summed E-state index contributed by atoms with van der Waals surface area (Å²) in [6.45, 7) is 2.08. The van der Waals surface area contributed by atoms with Gasteiger partial charge in [0.2, 0.25) is 0 Å². The van der Waals surface area contributed by atoms with Crippen LogP contribution in [0.5, 0.6) is 0 Å². The number of amides is 1. The van der Waals surface area contributed by atoms with Crippen LogP contribution in [0.4, 0.5) is 0 Å². The fraction of sp³-hybridized carbons (Fsp3) is 0.417. The van der Waals surface area contributed by atoms with Crippen molar-refractivity contribution in [1.29, 1.82) is 0 Å². The maximum absolute atomic E-state index is 12.0. The molecule has 0 aliphatic heterocycles. The maximum Gasteiger partial charge on any atom is 0.253 e. The van der Waals surface area contributed by atoms with Crippen molar-refractivity contribution in [3.63, 3.8) is 0 Å². The number of hydrogen-bond donors (Lipinski definition) is 1. The first kappa shape index (κ1) is 12.2. The Morgan fingerprint density at radius 1 is 1.50 bits per heavy atom. The second kappa shape index (κ2) is 4.53. The van der Waals surface area contributed by atoms with E-state index < -0.39 is 0 Å². The van der Waals surface area contributed by atoms with Gasteiger partial charge in [0.1, 0.15) is 0 Å². The van der Waals surface area contributed by atoms with Gasteiger partial charge in [0.15, 0.2) is 0 Å². The summed E-state index contributed by atoms with van der Waals surface area (Å²) in [6, 6.07) is 5.48. The molecule has 1 aliphatic rings. The molecule has 1 saturated carbocycles. The lowest BCUT2D eigenvalue weighted by Gasteiger charge is -2.39. The molecule has 1 N–H and O–H groups in total. The molecule has 0 saturated heterocycles. The molecule has 0 unspecified atom stereocenters. The molecule has 2 rings (SSSR count). The Kier molecular flexibility index (Phi) is 3.45. The molecule has 1 amide bonds. The average Bonchev–Trinajstić information content (AvgIpc) is 2.19. The minimum absolute atomic E-state index is 0.0261. The van der Waals surface area contributed by atoms with Crippen LogP contribution < -0.4 is 5.32 Å². The van der Waals surface area contributed by atoms with E-state index in [1.165, 1.54) is 6.42 Å². The highest BCUT2D eigenvalue weighted by atomic mass is 127. The van der Waals surface area contributed by atoms with E-state index >= 15 is 0 Å². The van der Waals surface area contributed by atoms with Crippen LogP contribution in [0.15, 0.2) is 18.2 Å². The SMILES string of the molecule is CC1(NC(=O)c2cc(I)ccc2Cl)CCC1. The van der Waals surface area contributed by atoms with Gasteiger partial charge in [-0.05, 0) is 67.0 Å². The summed E-state index contributed by atoms with van der Waals surface area (Å²) in [5, 5.41) is 3.57. The number of rotatable bonds is 2. The highest BCUT2D eigenvalue weighted by Gasteiger charge is 2.33. The number of hydrogen-bond acceptors (Lipinski definition) is 1. The average molecular weight is 350 g/mol. The van der Waals surface area contributed by atoms with Crippen LogP contribution in [0.25, 0.3) is 0 Å². The third-order valence-electron chi connectivity index (χ3n) is 3.05. The molecule has 0 aromatic heterocycles. The van der Waals surface area contributed by atoms with E-state index in [1.807, 2.05) is 12.1 Å². The van der Waals surface area contributed by atoms with Crippen molar-refractivity contribution in [3.8, 4) is 0 Å². The van der Waals surface area contributed by atoms with E-state index in [4.69, 9.17) is 11.6 Å². The van der Waals surface area contributed by atoms with Crippen molar-refractivity contribution in [2.24, 2.45) is 0 Å². The monoisotopic (exact) mass is 349 g/mol. The molecule has 0 radical (unpaired) electrons. The number of halogens is 2. The van der Waals surface area contributed by atoms with Crippen molar-refractivity contribution in [3.05, 3.63) is 32.4 Å². The normalized spacial score (nSPS) is 17.7. The van der Waals surface area contributed by atoms with Gasteiger partial charge in [-0.25, -0.2) is 0 Å². The predicted octanol–water partition coefficient (Wildman–Crippen LogP) is 3.62. The first-order valence-electron chi connectivity index (χ1n) is 5.28. The topological polar surface area (TPSA) is 29.1 Å². The van der Waals surface area contributed by atoms with E-state index in [0.29, 0.717) is 10.6 Å². The summed E-state index contributed by atoms with van der Waals surface area (Å²) < 4.78 is 1.02. The van der Waals surface area contributed by atoms with Gasteiger partial charge in [-0.3, -0.25) is 4.79 Å². The molecular weight excluding hydrogens is 336 g/mol. The fourth-order valence-electron chi connectivity index (χ4n) is 1.85. The van der Waals surface area contributed by atoms with Crippen LogP contribution in [-0.4, -0.2) is 11.4 Å². The van der Waals surface area contributed by atoms with Crippen LogP contribution in [0.1, 0.15) is 36.5 Å². The van der Waals surface area contributed by atoms with Crippen molar-refractivity contribution in [2.45, 2.75) is 31.7 Å². The zero-order valence-electron chi connectivity index (χ0n) is 9.02. The Balaban J connectivity index is 2.17. The van der Waals surface area contributed by atoms with Gasteiger partial charge in [0.25, 0.3) is 5.91 Å². The number of carbonyl (C=O) groups excluding carboxylic acids is 1. The minimum atomic E-state index is -0.0642. The van der Waals surface area contributed by atoms with E-state index in [1.54, 1.807) is 6.07 Å². The summed E-state index contributed by atoms with van der Waals surface area (Å²) in [7, 11) is 0. The highest BCUT2D eigenvalue weighted by molar-refractivity contribution is 14.1. The summed E-state index contributed by atoms with van der Waals surface area (Å²) in [5.74, 6) is -0.0642. The van der Waals surface area contributed by atoms with E-state index in [-0.39, 0.29) is 11.4 Å². The Bertz CT molecular complexity index is 429. The Morgan fingerprint density at radius 3 is 2.75 bits per heavy atom. The van der Waals surface area contributed by atoms with Crippen molar-refractivity contribution < 1.29 is 4.79 Å². The van der Waals surface area contributed by atoms with E-state index in [9.17, 15) is 4.79 Å². The van der Waals surface area contributed by atoms with Gasteiger partial charge < -0.3 is 5.32 Å². The smallest absolute Gasteiger partial charge is 0.253 e. The lowest BCUT2D eigenvalue weighted by molar-refractivity contribution is 0.0850. The minimum Gasteiger partial charge on any atom is -0.347 e. The quantitative estimate of drug-likeness (QED) is 0.812. The van der Waals surface area contributed by atoms with Crippen molar-refractivity contribution in [1.82, 2.24) is 5.32 Å². The van der Waals surface area contributed by atoms with Crippen LogP contribution >= 0.6 is 34.2 Å². The van der Waals surface area contributed by atoms with Crippen LogP contribution in [0, 0.1) is 3.57 Å². The highest BCUT2D eigenvalue weighted by Crippen LogP contribution is 2.31. The molecule has 1 aromatic rings.